The molecule has 1 N–H and O–H groups in total. The average Bonchev–Trinajstić information content (AvgIpc) is 3.41. The number of hydrogen-bond donors (Lipinski definition) is 1. The van der Waals surface area contributed by atoms with Gasteiger partial charge in [-0.15, -0.1) is 0 Å². The molecule has 1 aliphatic carbocycles. The van der Waals surface area contributed by atoms with Crippen LogP contribution in [0.4, 0.5) is 5.82 Å². The summed E-state index contributed by atoms with van der Waals surface area (Å²) < 4.78 is 2.01. The predicted octanol–water partition coefficient (Wildman–Crippen LogP) is 2.67. The number of nitrogens with zero attached hydrogens (tertiary/aromatic N) is 5. The Bertz CT molecular complexity index is 1140. The van der Waals surface area contributed by atoms with Crippen LogP contribution in [-0.2, 0) is 11.3 Å². The first-order chi connectivity index (χ1) is 14.7. The highest BCUT2D eigenvalue weighted by molar-refractivity contribution is 5.84. The van der Waals surface area contributed by atoms with Crippen molar-refractivity contribution in [3.05, 3.63) is 48.0 Å². The molecule has 3 heterocycles. The third-order valence-corrected chi connectivity index (χ3v) is 5.71. The summed E-state index contributed by atoms with van der Waals surface area (Å²) in [4.78, 5) is 28.0. The summed E-state index contributed by atoms with van der Waals surface area (Å²) in [5.41, 5.74) is 2.45. The minimum Gasteiger partial charge on any atom is -0.364 e. The van der Waals surface area contributed by atoms with Crippen LogP contribution in [0.15, 0.2) is 36.7 Å². The first-order valence-electron chi connectivity index (χ1n) is 10.6. The van der Waals surface area contributed by atoms with E-state index in [9.17, 15) is 4.79 Å². The Morgan fingerprint density at radius 1 is 1.17 bits per heavy atom. The van der Waals surface area contributed by atoms with E-state index in [1.54, 1.807) is 6.33 Å². The monoisotopic (exact) mass is 400 g/mol. The summed E-state index contributed by atoms with van der Waals surface area (Å²) in [6, 6.07) is 10.1. The number of hydrogen-bond acceptors (Lipinski definition) is 5. The fourth-order valence-electron chi connectivity index (χ4n) is 3.95. The van der Waals surface area contributed by atoms with Gasteiger partial charge in [0.25, 0.3) is 0 Å². The van der Waals surface area contributed by atoms with Gasteiger partial charge in [-0.25, -0.2) is 15.0 Å². The van der Waals surface area contributed by atoms with Crippen molar-refractivity contribution in [1.29, 1.82) is 0 Å². The van der Waals surface area contributed by atoms with Gasteiger partial charge < -0.3 is 14.8 Å². The molecule has 0 spiro atoms. The normalized spacial score (nSPS) is 18.3. The van der Waals surface area contributed by atoms with E-state index in [1.807, 2.05) is 39.8 Å². The lowest BCUT2D eigenvalue weighted by Gasteiger charge is -2.17. The molecule has 0 radical (unpaired) electrons. The molecule has 0 unspecified atom stereocenters. The first kappa shape index (κ1) is 18.6. The predicted molar refractivity (Wildman–Crippen MR) is 115 cm³/mol. The number of fused-ring (bicyclic) bond motifs is 1. The van der Waals surface area contributed by atoms with E-state index in [2.05, 4.69) is 34.0 Å². The standard InChI is InChI=1S/C23H24N6O/c1-2-29-19(11-8-16-6-4-3-5-7-16)27-20-21(24-15-25-22(20)29)26-18-12-13-28(14-18)23(30)17-9-10-17/h3-7,15,17-18H,2,9-10,12-14H2,1H3,(H,24,25,26)/t18-/m0/s1. The Balaban J connectivity index is 1.40. The Morgan fingerprint density at radius 3 is 2.77 bits per heavy atom. The topological polar surface area (TPSA) is 75.9 Å². The molecule has 7 heteroatoms. The molecule has 2 aliphatic rings. The highest BCUT2D eigenvalue weighted by atomic mass is 16.2. The van der Waals surface area contributed by atoms with Gasteiger partial charge in [-0.2, -0.15) is 0 Å². The van der Waals surface area contributed by atoms with Crippen LogP contribution in [0.25, 0.3) is 11.2 Å². The molecule has 2 aromatic heterocycles. The second-order valence-electron chi connectivity index (χ2n) is 7.88. The Labute approximate surface area is 175 Å². The van der Waals surface area contributed by atoms with Crippen molar-refractivity contribution in [3.8, 4) is 11.8 Å². The molecule has 0 bridgehead atoms. The highest BCUT2D eigenvalue weighted by Gasteiger charge is 2.36. The molecule has 1 aromatic carbocycles. The number of aromatic nitrogens is 4. The zero-order valence-corrected chi connectivity index (χ0v) is 17.0. The van der Waals surface area contributed by atoms with Crippen LogP contribution in [0.1, 0.15) is 37.6 Å². The zero-order chi connectivity index (χ0) is 20.5. The summed E-state index contributed by atoms with van der Waals surface area (Å²) in [6.45, 7) is 4.30. The first-order valence-corrected chi connectivity index (χ1v) is 10.6. The van der Waals surface area contributed by atoms with E-state index in [0.717, 1.165) is 55.6 Å². The minimum atomic E-state index is 0.177. The van der Waals surface area contributed by atoms with E-state index < -0.39 is 0 Å². The summed E-state index contributed by atoms with van der Waals surface area (Å²) in [6.07, 6.45) is 4.57. The molecule has 7 nitrogen and oxygen atoms in total. The number of rotatable bonds is 4. The smallest absolute Gasteiger partial charge is 0.225 e. The minimum absolute atomic E-state index is 0.177. The number of anilines is 1. The van der Waals surface area contributed by atoms with Gasteiger partial charge in [0.05, 0.1) is 0 Å². The number of imidazole rings is 1. The quantitative estimate of drug-likeness (QED) is 0.682. The summed E-state index contributed by atoms with van der Waals surface area (Å²) >= 11 is 0. The van der Waals surface area contributed by atoms with Crippen molar-refractivity contribution >= 4 is 22.9 Å². The molecule has 5 rings (SSSR count). The second-order valence-corrected chi connectivity index (χ2v) is 7.88. The van der Waals surface area contributed by atoms with Crippen LogP contribution >= 0.6 is 0 Å². The maximum absolute atomic E-state index is 12.3. The lowest BCUT2D eigenvalue weighted by molar-refractivity contribution is -0.131. The van der Waals surface area contributed by atoms with Gasteiger partial charge in [0.1, 0.15) is 6.33 Å². The Morgan fingerprint density at radius 2 is 2.00 bits per heavy atom. The van der Waals surface area contributed by atoms with Crippen LogP contribution in [-0.4, -0.2) is 49.5 Å². The van der Waals surface area contributed by atoms with E-state index in [1.165, 1.54) is 0 Å². The van der Waals surface area contributed by atoms with Gasteiger partial charge in [0.15, 0.2) is 22.8 Å². The second kappa shape index (κ2) is 7.79. The van der Waals surface area contributed by atoms with Gasteiger partial charge in [-0.3, -0.25) is 4.79 Å². The molecule has 1 atom stereocenters. The molecule has 30 heavy (non-hydrogen) atoms. The van der Waals surface area contributed by atoms with Crippen molar-refractivity contribution in [3.63, 3.8) is 0 Å². The number of aryl methyl sites for hydroxylation is 1. The van der Waals surface area contributed by atoms with Gasteiger partial charge in [-0.05, 0) is 44.2 Å². The number of nitrogens with one attached hydrogen (secondary N) is 1. The van der Waals surface area contributed by atoms with E-state index in [0.29, 0.717) is 17.5 Å². The van der Waals surface area contributed by atoms with Crippen LogP contribution in [0.5, 0.6) is 0 Å². The lowest BCUT2D eigenvalue weighted by Crippen LogP contribution is -2.32. The zero-order valence-electron chi connectivity index (χ0n) is 17.0. The summed E-state index contributed by atoms with van der Waals surface area (Å²) in [7, 11) is 0. The van der Waals surface area contributed by atoms with Crippen LogP contribution in [0.3, 0.4) is 0 Å². The van der Waals surface area contributed by atoms with Crippen LogP contribution < -0.4 is 5.32 Å². The van der Waals surface area contributed by atoms with Gasteiger partial charge in [-0.1, -0.05) is 24.1 Å². The molecule has 2 fully saturated rings. The number of carbonyl (C=O) groups is 1. The van der Waals surface area contributed by atoms with Gasteiger partial charge >= 0.3 is 0 Å². The van der Waals surface area contributed by atoms with Crippen LogP contribution in [0, 0.1) is 17.8 Å². The third-order valence-electron chi connectivity index (χ3n) is 5.71. The number of amides is 1. The highest BCUT2D eigenvalue weighted by Crippen LogP contribution is 2.32. The van der Waals surface area contributed by atoms with Crippen LogP contribution in [0.2, 0.25) is 0 Å². The third kappa shape index (κ3) is 3.61. The van der Waals surface area contributed by atoms with E-state index in [-0.39, 0.29) is 12.0 Å². The number of carbonyl (C=O) groups excluding carboxylic acids is 1. The maximum Gasteiger partial charge on any atom is 0.225 e. The number of benzene rings is 1. The van der Waals surface area contributed by atoms with Gasteiger partial charge in [0.2, 0.25) is 5.91 Å². The summed E-state index contributed by atoms with van der Waals surface area (Å²) in [5.74, 6) is 8.32. The average molecular weight is 400 g/mol. The van der Waals surface area contributed by atoms with Crippen molar-refractivity contribution in [2.45, 2.75) is 38.8 Å². The molecule has 1 amide bonds. The maximum atomic E-state index is 12.3. The van der Waals surface area contributed by atoms with Crippen molar-refractivity contribution < 1.29 is 4.79 Å². The van der Waals surface area contributed by atoms with Crippen molar-refractivity contribution in [1.82, 2.24) is 24.4 Å². The van der Waals surface area contributed by atoms with E-state index >= 15 is 0 Å². The Kier molecular flexibility index (Phi) is 4.83. The SMILES string of the molecule is CCn1c(C#Cc2ccccc2)nc2c(N[C@H]3CCN(C(=O)C4CC4)C3)ncnc21. The molecular weight excluding hydrogens is 376 g/mol. The molecule has 3 aromatic rings. The number of likely N-dealkylation sites (tertiary alicyclic amines) is 1. The fourth-order valence-corrected chi connectivity index (χ4v) is 3.95. The summed E-state index contributed by atoms with van der Waals surface area (Å²) in [5, 5.41) is 3.50. The largest absolute Gasteiger partial charge is 0.364 e. The van der Waals surface area contributed by atoms with Gasteiger partial charge in [0, 0.05) is 37.2 Å². The van der Waals surface area contributed by atoms with E-state index in [4.69, 9.17) is 4.98 Å². The fraction of sp³-hybridized carbons (Fsp3) is 0.391. The molecule has 1 saturated heterocycles. The lowest BCUT2D eigenvalue weighted by atomic mass is 10.2. The molecule has 1 aliphatic heterocycles. The van der Waals surface area contributed by atoms with Crippen molar-refractivity contribution in [2.75, 3.05) is 18.4 Å². The molecule has 1 saturated carbocycles. The Hall–Kier alpha value is -3.40. The van der Waals surface area contributed by atoms with Crippen molar-refractivity contribution in [2.24, 2.45) is 5.92 Å². The molecular formula is C23H24N6O. The molecule has 152 valence electrons.